The molecule has 6 nitrogen and oxygen atoms in total. The van der Waals surface area contributed by atoms with Crippen LogP contribution in [0, 0.1) is 11.6 Å². The minimum absolute atomic E-state index is 0.00392. The summed E-state index contributed by atoms with van der Waals surface area (Å²) >= 11 is 0. The third kappa shape index (κ3) is 4.39. The Kier molecular flexibility index (Phi) is 5.31. The number of hydrogen-bond acceptors (Lipinski definition) is 4. The number of halogens is 5. The van der Waals surface area contributed by atoms with E-state index in [-0.39, 0.29) is 16.9 Å². The summed E-state index contributed by atoms with van der Waals surface area (Å²) in [5, 5.41) is 7.24. The topological polar surface area (TPSA) is 84.2 Å². The van der Waals surface area contributed by atoms with E-state index < -0.39 is 40.9 Å². The SMILES string of the molecule is O=C(NC(=O)c1c(F)cccc1F)Nc1nocc1-c1cccc(C(F)(F)F)c1. The summed E-state index contributed by atoms with van der Waals surface area (Å²) in [5.41, 5.74) is -1.88. The molecular weight excluding hydrogens is 401 g/mol. The van der Waals surface area contributed by atoms with Gasteiger partial charge in [0.2, 0.25) is 0 Å². The largest absolute Gasteiger partial charge is 0.416 e. The number of aromatic nitrogens is 1. The molecule has 0 fully saturated rings. The number of anilines is 1. The Morgan fingerprint density at radius 2 is 1.66 bits per heavy atom. The van der Waals surface area contributed by atoms with E-state index in [9.17, 15) is 31.5 Å². The van der Waals surface area contributed by atoms with Crippen molar-refractivity contribution < 1.29 is 36.1 Å². The van der Waals surface area contributed by atoms with Gasteiger partial charge in [-0.15, -0.1) is 0 Å². The van der Waals surface area contributed by atoms with E-state index in [0.29, 0.717) is 0 Å². The lowest BCUT2D eigenvalue weighted by Crippen LogP contribution is -2.35. The van der Waals surface area contributed by atoms with Crippen molar-refractivity contribution >= 4 is 17.8 Å². The molecule has 3 amide bonds. The normalized spacial score (nSPS) is 11.2. The molecule has 0 atom stereocenters. The first-order valence-electron chi connectivity index (χ1n) is 7.85. The van der Waals surface area contributed by atoms with E-state index in [0.717, 1.165) is 42.7 Å². The summed E-state index contributed by atoms with van der Waals surface area (Å²) < 4.78 is 70.5. The van der Waals surface area contributed by atoms with Crippen molar-refractivity contribution in [2.24, 2.45) is 0 Å². The molecule has 0 saturated heterocycles. The maximum absolute atomic E-state index is 13.6. The van der Waals surface area contributed by atoms with E-state index in [4.69, 9.17) is 0 Å². The van der Waals surface area contributed by atoms with Crippen LogP contribution in [0.4, 0.5) is 32.6 Å². The van der Waals surface area contributed by atoms with Crippen LogP contribution >= 0.6 is 0 Å². The second-order valence-corrected chi connectivity index (χ2v) is 5.66. The van der Waals surface area contributed by atoms with Crippen LogP contribution < -0.4 is 10.6 Å². The molecule has 150 valence electrons. The predicted octanol–water partition coefficient (Wildman–Crippen LogP) is 4.60. The highest BCUT2D eigenvalue weighted by Crippen LogP contribution is 2.34. The molecule has 29 heavy (non-hydrogen) atoms. The predicted molar refractivity (Wildman–Crippen MR) is 89.8 cm³/mol. The zero-order valence-corrected chi connectivity index (χ0v) is 14.2. The van der Waals surface area contributed by atoms with Gasteiger partial charge in [0.25, 0.3) is 5.91 Å². The number of alkyl halides is 3. The van der Waals surface area contributed by atoms with Crippen LogP contribution in [0.1, 0.15) is 15.9 Å². The second-order valence-electron chi connectivity index (χ2n) is 5.66. The molecule has 0 bridgehead atoms. The molecule has 1 aromatic heterocycles. The van der Waals surface area contributed by atoms with E-state index in [1.54, 1.807) is 5.32 Å². The van der Waals surface area contributed by atoms with Crippen LogP contribution in [-0.4, -0.2) is 17.1 Å². The number of rotatable bonds is 3. The minimum atomic E-state index is -4.59. The van der Waals surface area contributed by atoms with Gasteiger partial charge in [-0.2, -0.15) is 13.2 Å². The van der Waals surface area contributed by atoms with Crippen molar-refractivity contribution in [1.29, 1.82) is 0 Å². The van der Waals surface area contributed by atoms with Crippen molar-refractivity contribution in [3.63, 3.8) is 0 Å². The van der Waals surface area contributed by atoms with Crippen LogP contribution in [-0.2, 0) is 6.18 Å². The highest BCUT2D eigenvalue weighted by atomic mass is 19.4. The van der Waals surface area contributed by atoms with Crippen LogP contribution in [0.2, 0.25) is 0 Å². The molecular formula is C18H10F5N3O3. The number of carbonyl (C=O) groups is 2. The fourth-order valence-corrected chi connectivity index (χ4v) is 2.41. The summed E-state index contributed by atoms with van der Waals surface area (Å²) in [4.78, 5) is 23.9. The van der Waals surface area contributed by atoms with Gasteiger partial charge in [-0.3, -0.25) is 15.4 Å². The highest BCUT2D eigenvalue weighted by Gasteiger charge is 2.31. The van der Waals surface area contributed by atoms with Crippen LogP contribution in [0.15, 0.2) is 53.3 Å². The van der Waals surface area contributed by atoms with Crippen molar-refractivity contribution in [3.8, 4) is 11.1 Å². The second kappa shape index (κ2) is 7.70. The van der Waals surface area contributed by atoms with Crippen molar-refractivity contribution in [2.45, 2.75) is 6.18 Å². The molecule has 11 heteroatoms. The summed E-state index contributed by atoms with van der Waals surface area (Å²) in [6.45, 7) is 0. The monoisotopic (exact) mass is 411 g/mol. The number of nitrogens with one attached hydrogen (secondary N) is 2. The molecule has 0 aliphatic rings. The van der Waals surface area contributed by atoms with E-state index in [1.165, 1.54) is 6.07 Å². The first-order chi connectivity index (χ1) is 13.7. The fourth-order valence-electron chi connectivity index (χ4n) is 2.41. The lowest BCUT2D eigenvalue weighted by atomic mass is 10.1. The Morgan fingerprint density at radius 1 is 1.00 bits per heavy atom. The Bertz CT molecular complexity index is 1060. The standard InChI is InChI=1S/C18H10F5N3O3/c19-12-5-2-6-13(20)14(12)16(27)25-17(28)24-15-11(8-29-26-15)9-3-1-4-10(7-9)18(21,22)23/h1-8H,(H2,24,25,26,27,28). The van der Waals surface area contributed by atoms with Gasteiger partial charge >= 0.3 is 12.2 Å². The molecule has 0 spiro atoms. The molecule has 0 radical (unpaired) electrons. The Morgan fingerprint density at radius 3 is 2.31 bits per heavy atom. The van der Waals surface area contributed by atoms with Crippen molar-refractivity contribution in [3.05, 3.63) is 71.5 Å². The van der Waals surface area contributed by atoms with Gasteiger partial charge in [0.05, 0.1) is 11.1 Å². The first kappa shape index (κ1) is 20.0. The van der Waals surface area contributed by atoms with Crippen molar-refractivity contribution in [1.82, 2.24) is 10.5 Å². The molecule has 0 aliphatic heterocycles. The molecule has 3 rings (SSSR count). The van der Waals surface area contributed by atoms with Gasteiger partial charge in [0.1, 0.15) is 23.5 Å². The average molecular weight is 411 g/mol. The number of imide groups is 1. The molecule has 3 aromatic rings. The van der Waals surface area contributed by atoms with Gasteiger partial charge in [-0.1, -0.05) is 23.4 Å². The number of hydrogen-bond donors (Lipinski definition) is 2. The summed E-state index contributed by atoms with van der Waals surface area (Å²) in [5.74, 6) is -4.02. The highest BCUT2D eigenvalue weighted by molar-refractivity contribution is 6.08. The number of amides is 3. The van der Waals surface area contributed by atoms with Crippen LogP contribution in [0.5, 0.6) is 0 Å². The molecule has 2 aromatic carbocycles. The third-order valence-electron chi connectivity index (χ3n) is 3.72. The average Bonchev–Trinajstić information content (AvgIpc) is 3.08. The Balaban J connectivity index is 1.78. The van der Waals surface area contributed by atoms with Gasteiger partial charge in [0.15, 0.2) is 5.82 Å². The Labute approximate surface area is 159 Å². The summed E-state index contributed by atoms with van der Waals surface area (Å²) in [7, 11) is 0. The summed E-state index contributed by atoms with van der Waals surface area (Å²) in [6, 6.07) is 5.63. The van der Waals surface area contributed by atoms with Gasteiger partial charge in [-0.05, 0) is 29.8 Å². The lowest BCUT2D eigenvalue weighted by Gasteiger charge is -2.09. The zero-order valence-electron chi connectivity index (χ0n) is 14.2. The molecule has 1 heterocycles. The first-order valence-corrected chi connectivity index (χ1v) is 7.85. The van der Waals surface area contributed by atoms with Crippen LogP contribution in [0.3, 0.4) is 0 Å². The maximum atomic E-state index is 13.6. The smallest absolute Gasteiger partial charge is 0.362 e. The van der Waals surface area contributed by atoms with E-state index >= 15 is 0 Å². The van der Waals surface area contributed by atoms with Crippen LogP contribution in [0.25, 0.3) is 11.1 Å². The fraction of sp³-hybridized carbons (Fsp3) is 0.0556. The van der Waals surface area contributed by atoms with E-state index in [2.05, 4.69) is 15.0 Å². The van der Waals surface area contributed by atoms with Gasteiger partial charge in [-0.25, -0.2) is 13.6 Å². The number of urea groups is 1. The quantitative estimate of drug-likeness (QED) is 0.617. The number of carbonyl (C=O) groups excluding carboxylic acids is 2. The Hall–Kier alpha value is -3.76. The molecule has 2 N–H and O–H groups in total. The minimum Gasteiger partial charge on any atom is -0.362 e. The van der Waals surface area contributed by atoms with Gasteiger partial charge in [0, 0.05) is 0 Å². The number of benzene rings is 2. The zero-order chi connectivity index (χ0) is 21.2. The van der Waals surface area contributed by atoms with Crippen molar-refractivity contribution in [2.75, 3.05) is 5.32 Å². The number of nitrogens with zero attached hydrogens (tertiary/aromatic N) is 1. The maximum Gasteiger partial charge on any atom is 0.416 e. The molecule has 0 saturated carbocycles. The molecule has 0 aliphatic carbocycles. The lowest BCUT2D eigenvalue weighted by molar-refractivity contribution is -0.137. The molecule has 0 unspecified atom stereocenters. The van der Waals surface area contributed by atoms with Gasteiger partial charge < -0.3 is 4.52 Å². The summed E-state index contributed by atoms with van der Waals surface area (Å²) in [6.07, 6.45) is -3.60. The third-order valence-corrected chi connectivity index (χ3v) is 3.72. The van der Waals surface area contributed by atoms with E-state index in [1.807, 2.05) is 0 Å².